The first-order valence-corrected chi connectivity index (χ1v) is 8.37. The van der Waals surface area contributed by atoms with Crippen LogP contribution >= 0.6 is 0 Å². The van der Waals surface area contributed by atoms with Crippen LogP contribution in [-0.2, 0) is 14.8 Å². The van der Waals surface area contributed by atoms with Gasteiger partial charge in [0.15, 0.2) is 0 Å². The van der Waals surface area contributed by atoms with Crippen molar-refractivity contribution >= 4 is 15.9 Å². The third-order valence-electron chi connectivity index (χ3n) is 3.88. The number of carbonyl (C=O) groups is 1. The van der Waals surface area contributed by atoms with Crippen molar-refractivity contribution in [3.8, 4) is 0 Å². The van der Waals surface area contributed by atoms with E-state index in [0.717, 1.165) is 25.9 Å². The molecule has 1 unspecified atom stereocenters. The number of hydrogen-bond acceptors (Lipinski definition) is 4. The number of nitrogens with zero attached hydrogens (tertiary/aromatic N) is 3. The third-order valence-corrected chi connectivity index (χ3v) is 5.23. The van der Waals surface area contributed by atoms with Gasteiger partial charge in [-0.15, -0.1) is 0 Å². The van der Waals surface area contributed by atoms with Gasteiger partial charge in [0.05, 0.1) is 12.3 Å². The fourth-order valence-electron chi connectivity index (χ4n) is 2.44. The number of amides is 1. The standard InChI is InChI=1S/C12H25N3O3S/c1-10(12(16)13(2)3)15-8-6-11(7-9-15)14(4)19(5,17)18/h10-11H,6-9H2,1-5H3. The molecule has 1 saturated heterocycles. The molecule has 0 N–H and O–H groups in total. The molecule has 7 heteroatoms. The normalized spacial score (nSPS) is 20.5. The molecule has 112 valence electrons. The van der Waals surface area contributed by atoms with Gasteiger partial charge in [0.25, 0.3) is 0 Å². The molecule has 1 amide bonds. The van der Waals surface area contributed by atoms with Gasteiger partial charge in [-0.2, -0.15) is 0 Å². The molecule has 0 aromatic rings. The summed E-state index contributed by atoms with van der Waals surface area (Å²) in [5.74, 6) is 0.0925. The third kappa shape index (κ3) is 4.15. The van der Waals surface area contributed by atoms with Crippen molar-refractivity contribution in [2.75, 3.05) is 40.5 Å². The topological polar surface area (TPSA) is 60.9 Å². The van der Waals surface area contributed by atoms with Crippen LogP contribution in [0.2, 0.25) is 0 Å². The Balaban J connectivity index is 2.56. The predicted octanol–water partition coefficient (Wildman–Crippen LogP) is -0.181. The van der Waals surface area contributed by atoms with Crippen molar-refractivity contribution in [3.05, 3.63) is 0 Å². The van der Waals surface area contributed by atoms with Gasteiger partial charge < -0.3 is 4.90 Å². The van der Waals surface area contributed by atoms with E-state index in [9.17, 15) is 13.2 Å². The summed E-state index contributed by atoms with van der Waals surface area (Å²) in [5.41, 5.74) is 0. The molecule has 1 atom stereocenters. The van der Waals surface area contributed by atoms with Gasteiger partial charge in [-0.25, -0.2) is 12.7 Å². The van der Waals surface area contributed by atoms with E-state index < -0.39 is 10.0 Å². The highest BCUT2D eigenvalue weighted by molar-refractivity contribution is 7.88. The summed E-state index contributed by atoms with van der Waals surface area (Å²) in [6.07, 6.45) is 2.78. The van der Waals surface area contributed by atoms with Crippen molar-refractivity contribution < 1.29 is 13.2 Å². The van der Waals surface area contributed by atoms with Gasteiger partial charge in [-0.05, 0) is 19.8 Å². The van der Waals surface area contributed by atoms with Crippen LogP contribution in [0.3, 0.4) is 0 Å². The van der Waals surface area contributed by atoms with Crippen LogP contribution < -0.4 is 0 Å². The Morgan fingerprint density at radius 3 is 2.05 bits per heavy atom. The SMILES string of the molecule is CC(C(=O)N(C)C)N1CCC(N(C)S(C)(=O)=O)CC1. The molecule has 0 aliphatic carbocycles. The van der Waals surface area contributed by atoms with E-state index in [1.54, 1.807) is 26.0 Å². The lowest BCUT2D eigenvalue weighted by atomic mass is 10.0. The summed E-state index contributed by atoms with van der Waals surface area (Å²) in [4.78, 5) is 15.6. The molecular formula is C12H25N3O3S. The molecule has 0 radical (unpaired) electrons. The second-order valence-corrected chi connectivity index (χ2v) is 7.50. The van der Waals surface area contributed by atoms with Crippen LogP contribution in [-0.4, -0.2) is 81.0 Å². The average molecular weight is 291 g/mol. The van der Waals surface area contributed by atoms with Crippen LogP contribution in [0.25, 0.3) is 0 Å². The number of likely N-dealkylation sites (tertiary alicyclic amines) is 1. The molecule has 1 aliphatic rings. The van der Waals surface area contributed by atoms with Crippen LogP contribution in [0.15, 0.2) is 0 Å². The molecule has 0 spiro atoms. The first kappa shape index (κ1) is 16.4. The second-order valence-electron chi connectivity index (χ2n) is 5.45. The number of sulfonamides is 1. The molecule has 1 rings (SSSR count). The lowest BCUT2D eigenvalue weighted by Crippen LogP contribution is -2.51. The second kappa shape index (κ2) is 6.19. The van der Waals surface area contributed by atoms with Gasteiger partial charge in [0.2, 0.25) is 15.9 Å². The minimum absolute atomic E-state index is 0.0490. The smallest absolute Gasteiger partial charge is 0.239 e. The Kier molecular flexibility index (Phi) is 5.34. The maximum atomic E-state index is 11.9. The van der Waals surface area contributed by atoms with Crippen molar-refractivity contribution in [3.63, 3.8) is 0 Å². The quantitative estimate of drug-likeness (QED) is 0.721. The molecular weight excluding hydrogens is 266 g/mol. The molecule has 1 aliphatic heterocycles. The summed E-state index contributed by atoms with van der Waals surface area (Å²) < 4.78 is 24.4. The average Bonchev–Trinajstić information content (AvgIpc) is 2.35. The molecule has 19 heavy (non-hydrogen) atoms. The molecule has 1 heterocycles. The van der Waals surface area contributed by atoms with Crippen LogP contribution in [0.4, 0.5) is 0 Å². The van der Waals surface area contributed by atoms with Gasteiger partial charge in [-0.3, -0.25) is 9.69 Å². The van der Waals surface area contributed by atoms with Gasteiger partial charge in [-0.1, -0.05) is 0 Å². The minimum Gasteiger partial charge on any atom is -0.347 e. The number of carbonyl (C=O) groups excluding carboxylic acids is 1. The van der Waals surface area contributed by atoms with E-state index in [-0.39, 0.29) is 18.0 Å². The van der Waals surface area contributed by atoms with E-state index >= 15 is 0 Å². The highest BCUT2D eigenvalue weighted by atomic mass is 32.2. The predicted molar refractivity (Wildman–Crippen MR) is 75.4 cm³/mol. The molecule has 1 fully saturated rings. The molecule has 0 bridgehead atoms. The van der Waals surface area contributed by atoms with E-state index in [4.69, 9.17) is 0 Å². The van der Waals surface area contributed by atoms with E-state index in [0.29, 0.717) is 0 Å². The van der Waals surface area contributed by atoms with Gasteiger partial charge in [0.1, 0.15) is 0 Å². The number of likely N-dealkylation sites (N-methyl/N-ethyl adjacent to an activating group) is 1. The monoisotopic (exact) mass is 291 g/mol. The van der Waals surface area contributed by atoms with E-state index in [1.807, 2.05) is 6.92 Å². The first-order chi connectivity index (χ1) is 8.64. The lowest BCUT2D eigenvalue weighted by Gasteiger charge is -2.38. The summed E-state index contributed by atoms with van der Waals surface area (Å²) in [5, 5.41) is 0. The Hall–Kier alpha value is -0.660. The maximum absolute atomic E-state index is 11.9. The zero-order valence-corrected chi connectivity index (χ0v) is 13.3. The fraction of sp³-hybridized carbons (Fsp3) is 0.917. The Morgan fingerprint density at radius 2 is 1.68 bits per heavy atom. The van der Waals surface area contributed by atoms with Crippen LogP contribution in [0.5, 0.6) is 0 Å². The summed E-state index contributed by atoms with van der Waals surface area (Å²) >= 11 is 0. The lowest BCUT2D eigenvalue weighted by molar-refractivity contribution is -0.134. The summed E-state index contributed by atoms with van der Waals surface area (Å²) in [6.45, 7) is 3.42. The van der Waals surface area contributed by atoms with Crippen molar-refractivity contribution in [1.82, 2.24) is 14.1 Å². The number of rotatable bonds is 4. The first-order valence-electron chi connectivity index (χ1n) is 6.52. The van der Waals surface area contributed by atoms with E-state index in [2.05, 4.69) is 4.90 Å². The Morgan fingerprint density at radius 1 is 1.21 bits per heavy atom. The molecule has 0 saturated carbocycles. The van der Waals surface area contributed by atoms with Crippen LogP contribution in [0, 0.1) is 0 Å². The molecule has 6 nitrogen and oxygen atoms in total. The Bertz CT molecular complexity index is 414. The summed E-state index contributed by atoms with van der Waals surface area (Å²) in [6, 6.07) is -0.0904. The number of piperidine rings is 1. The van der Waals surface area contributed by atoms with Crippen molar-refractivity contribution in [2.24, 2.45) is 0 Å². The zero-order valence-electron chi connectivity index (χ0n) is 12.5. The highest BCUT2D eigenvalue weighted by Crippen LogP contribution is 2.19. The van der Waals surface area contributed by atoms with Gasteiger partial charge >= 0.3 is 0 Å². The maximum Gasteiger partial charge on any atom is 0.239 e. The Labute approximate surface area is 116 Å². The number of hydrogen-bond donors (Lipinski definition) is 0. The fourth-order valence-corrected chi connectivity index (χ4v) is 3.19. The summed E-state index contributed by atoms with van der Waals surface area (Å²) in [7, 11) is 2.00. The van der Waals surface area contributed by atoms with Crippen molar-refractivity contribution in [1.29, 1.82) is 0 Å². The minimum atomic E-state index is -3.13. The zero-order chi connectivity index (χ0) is 14.8. The van der Waals surface area contributed by atoms with Gasteiger partial charge in [0, 0.05) is 40.3 Å². The molecule has 0 aromatic heterocycles. The van der Waals surface area contributed by atoms with E-state index in [1.165, 1.54) is 10.6 Å². The highest BCUT2D eigenvalue weighted by Gasteiger charge is 2.31. The molecule has 0 aromatic carbocycles. The largest absolute Gasteiger partial charge is 0.347 e. The van der Waals surface area contributed by atoms with Crippen LogP contribution in [0.1, 0.15) is 19.8 Å². The van der Waals surface area contributed by atoms with Crippen molar-refractivity contribution in [2.45, 2.75) is 31.8 Å².